The van der Waals surface area contributed by atoms with Gasteiger partial charge in [-0.2, -0.15) is 0 Å². The number of ether oxygens (including phenoxy) is 3. The molecule has 0 bridgehead atoms. The summed E-state index contributed by atoms with van der Waals surface area (Å²) in [5, 5.41) is 0.442. The summed E-state index contributed by atoms with van der Waals surface area (Å²) in [6, 6.07) is 6.02. The third-order valence-corrected chi connectivity index (χ3v) is 8.58. The molecule has 1 aromatic carbocycles. The number of amides is 1. The summed E-state index contributed by atoms with van der Waals surface area (Å²) in [5.41, 5.74) is 1.94. The van der Waals surface area contributed by atoms with Crippen LogP contribution >= 0.6 is 11.3 Å². The molecule has 0 aliphatic heterocycles. The van der Waals surface area contributed by atoms with Crippen molar-refractivity contribution in [2.24, 2.45) is 0 Å². The highest BCUT2D eigenvalue weighted by molar-refractivity contribution is 7.15. The first-order valence-electron chi connectivity index (χ1n) is 13.6. The number of esters is 1. The standard InChI is InChI=1S/C30H36N2O6S/c1-7-37-28(34)21-16-32(18-11-12-18)24-20(25(21)33)14-13-19(26(24)36-6)23-15-17-9-8-10-22(27(17)39-23)31(5)29(35)38-30(2,3)4/h13-16,18,22H,7-12H2,1-6H3. The van der Waals surface area contributed by atoms with Gasteiger partial charge in [-0.1, -0.05) is 0 Å². The van der Waals surface area contributed by atoms with Gasteiger partial charge in [-0.3, -0.25) is 4.79 Å². The van der Waals surface area contributed by atoms with Gasteiger partial charge in [0.15, 0.2) is 5.75 Å². The van der Waals surface area contributed by atoms with Crippen LogP contribution in [0, 0.1) is 0 Å². The first-order chi connectivity index (χ1) is 18.5. The van der Waals surface area contributed by atoms with Gasteiger partial charge in [-0.15, -0.1) is 11.3 Å². The average Bonchev–Trinajstić information content (AvgIpc) is 3.64. The van der Waals surface area contributed by atoms with Gasteiger partial charge in [0.05, 0.1) is 30.7 Å². The summed E-state index contributed by atoms with van der Waals surface area (Å²) in [7, 11) is 3.42. The first-order valence-corrected chi connectivity index (χ1v) is 14.4. The molecule has 39 heavy (non-hydrogen) atoms. The summed E-state index contributed by atoms with van der Waals surface area (Å²) >= 11 is 1.66. The number of nitrogens with zero attached hydrogens (tertiary/aromatic N) is 2. The van der Waals surface area contributed by atoms with Crippen molar-refractivity contribution in [1.82, 2.24) is 9.47 Å². The predicted octanol–water partition coefficient (Wildman–Crippen LogP) is 6.49. The van der Waals surface area contributed by atoms with E-state index in [1.54, 1.807) is 49.6 Å². The van der Waals surface area contributed by atoms with Crippen molar-refractivity contribution in [1.29, 1.82) is 0 Å². The number of thiophene rings is 1. The second-order valence-corrected chi connectivity index (χ2v) is 12.4. The van der Waals surface area contributed by atoms with E-state index in [-0.39, 0.29) is 35.8 Å². The molecule has 9 heteroatoms. The molecule has 2 heterocycles. The fourth-order valence-electron chi connectivity index (χ4n) is 5.31. The van der Waals surface area contributed by atoms with Crippen LogP contribution in [0.1, 0.15) is 86.3 Å². The number of carbonyl (C=O) groups is 2. The number of aromatic nitrogens is 1. The molecule has 8 nitrogen and oxygen atoms in total. The molecular formula is C30H36N2O6S. The number of hydrogen-bond acceptors (Lipinski definition) is 7. The fraction of sp³-hybridized carbons (Fsp3) is 0.500. The Labute approximate surface area is 232 Å². The van der Waals surface area contributed by atoms with Gasteiger partial charge in [0.2, 0.25) is 5.43 Å². The largest absolute Gasteiger partial charge is 0.494 e. The lowest BCUT2D eigenvalue weighted by molar-refractivity contribution is 0.0208. The Morgan fingerprint density at radius 1 is 1.18 bits per heavy atom. The van der Waals surface area contributed by atoms with E-state index in [4.69, 9.17) is 14.2 Å². The van der Waals surface area contributed by atoms with E-state index >= 15 is 0 Å². The number of hydrogen-bond donors (Lipinski definition) is 0. The van der Waals surface area contributed by atoms with E-state index in [9.17, 15) is 14.4 Å². The molecule has 2 aromatic heterocycles. The molecule has 2 aliphatic rings. The maximum absolute atomic E-state index is 13.4. The van der Waals surface area contributed by atoms with Crippen LogP contribution in [0.25, 0.3) is 21.3 Å². The van der Waals surface area contributed by atoms with Crippen molar-refractivity contribution in [2.75, 3.05) is 20.8 Å². The number of fused-ring (bicyclic) bond motifs is 2. The monoisotopic (exact) mass is 552 g/mol. The zero-order valence-corrected chi connectivity index (χ0v) is 24.3. The second kappa shape index (κ2) is 10.3. The van der Waals surface area contributed by atoms with Gasteiger partial charge in [0, 0.05) is 34.6 Å². The smallest absolute Gasteiger partial charge is 0.410 e. The van der Waals surface area contributed by atoms with Crippen LogP contribution in [-0.4, -0.2) is 47.9 Å². The number of pyridine rings is 1. The number of benzene rings is 1. The molecule has 1 amide bonds. The van der Waals surface area contributed by atoms with Crippen molar-refractivity contribution < 1.29 is 23.8 Å². The minimum atomic E-state index is -0.604. The van der Waals surface area contributed by atoms with Crippen LogP contribution in [0.3, 0.4) is 0 Å². The molecule has 2 aliphatic carbocycles. The topological polar surface area (TPSA) is 87.1 Å². The van der Waals surface area contributed by atoms with Crippen molar-refractivity contribution in [3.63, 3.8) is 0 Å². The zero-order valence-electron chi connectivity index (χ0n) is 23.5. The van der Waals surface area contributed by atoms with E-state index in [1.807, 2.05) is 31.4 Å². The summed E-state index contributed by atoms with van der Waals surface area (Å²) in [4.78, 5) is 42.7. The van der Waals surface area contributed by atoms with Gasteiger partial charge in [-0.05, 0) is 83.6 Å². The van der Waals surface area contributed by atoms with Crippen LogP contribution < -0.4 is 10.2 Å². The van der Waals surface area contributed by atoms with Gasteiger partial charge >= 0.3 is 12.1 Å². The Morgan fingerprint density at radius 3 is 2.56 bits per heavy atom. The molecule has 0 radical (unpaired) electrons. The number of carbonyl (C=O) groups excluding carboxylic acids is 2. The van der Waals surface area contributed by atoms with E-state index in [2.05, 4.69) is 6.07 Å². The van der Waals surface area contributed by atoms with Crippen LogP contribution in [0.15, 0.2) is 29.2 Å². The molecular weight excluding hydrogens is 516 g/mol. The van der Waals surface area contributed by atoms with Crippen LogP contribution in [-0.2, 0) is 15.9 Å². The third kappa shape index (κ3) is 5.16. The molecule has 3 aromatic rings. The van der Waals surface area contributed by atoms with Crippen molar-refractivity contribution in [2.45, 2.75) is 77.5 Å². The molecule has 1 atom stereocenters. The lowest BCUT2D eigenvalue weighted by atomic mass is 9.93. The number of methoxy groups -OCH3 is 1. The van der Waals surface area contributed by atoms with Gasteiger partial charge < -0.3 is 23.7 Å². The van der Waals surface area contributed by atoms with Crippen LogP contribution in [0.5, 0.6) is 5.75 Å². The normalized spacial score (nSPS) is 17.0. The molecule has 1 unspecified atom stereocenters. The summed E-state index contributed by atoms with van der Waals surface area (Å²) < 4.78 is 18.8. The van der Waals surface area contributed by atoms with Crippen LogP contribution in [0.2, 0.25) is 0 Å². The summed E-state index contributed by atoms with van der Waals surface area (Å²) in [6.45, 7) is 7.55. The maximum Gasteiger partial charge on any atom is 0.410 e. The van der Waals surface area contributed by atoms with E-state index in [0.717, 1.165) is 47.4 Å². The van der Waals surface area contributed by atoms with E-state index in [1.165, 1.54) is 5.56 Å². The number of aryl methyl sites for hydroxylation is 1. The third-order valence-electron chi connectivity index (χ3n) is 7.27. The van der Waals surface area contributed by atoms with Crippen LogP contribution in [0.4, 0.5) is 4.79 Å². The summed E-state index contributed by atoms with van der Waals surface area (Å²) in [6.07, 6.45) is 6.04. The van der Waals surface area contributed by atoms with Gasteiger partial charge in [0.25, 0.3) is 0 Å². The SMILES string of the molecule is CCOC(=O)c1cn(C2CC2)c2c(OC)c(-c3cc4c(s3)C(N(C)C(=O)OC(C)(C)C)CCC4)ccc2c1=O. The molecule has 1 fully saturated rings. The Kier molecular flexibility index (Phi) is 7.22. The van der Waals surface area contributed by atoms with Gasteiger partial charge in [0.1, 0.15) is 11.2 Å². The summed E-state index contributed by atoms with van der Waals surface area (Å²) in [5.74, 6) is 0.00970. The Balaban J connectivity index is 1.60. The zero-order chi connectivity index (χ0) is 28.1. The second-order valence-electron chi connectivity index (χ2n) is 11.3. The minimum Gasteiger partial charge on any atom is -0.494 e. The van der Waals surface area contributed by atoms with E-state index < -0.39 is 11.6 Å². The quantitative estimate of drug-likeness (QED) is 0.325. The Morgan fingerprint density at radius 2 is 1.92 bits per heavy atom. The average molecular weight is 553 g/mol. The van der Waals surface area contributed by atoms with Crippen molar-refractivity contribution >= 4 is 34.3 Å². The fourth-order valence-corrected chi connectivity index (χ4v) is 6.73. The molecule has 5 rings (SSSR count). The number of rotatable bonds is 6. The maximum atomic E-state index is 13.4. The molecule has 0 spiro atoms. The molecule has 208 valence electrons. The molecule has 0 N–H and O–H groups in total. The van der Waals surface area contributed by atoms with Crippen molar-refractivity contribution in [3.8, 4) is 16.2 Å². The first kappa shape index (κ1) is 27.2. The lowest BCUT2D eigenvalue weighted by Crippen LogP contribution is -2.37. The molecule has 1 saturated carbocycles. The Bertz CT molecular complexity index is 1490. The minimum absolute atomic E-state index is 0.0469. The highest BCUT2D eigenvalue weighted by atomic mass is 32.1. The highest BCUT2D eigenvalue weighted by Gasteiger charge is 2.33. The highest BCUT2D eigenvalue weighted by Crippen LogP contribution is 2.47. The van der Waals surface area contributed by atoms with E-state index in [0.29, 0.717) is 16.7 Å². The van der Waals surface area contributed by atoms with Gasteiger partial charge in [-0.25, -0.2) is 9.59 Å². The molecule has 0 saturated heterocycles. The predicted molar refractivity (Wildman–Crippen MR) is 152 cm³/mol. The van der Waals surface area contributed by atoms with Crippen molar-refractivity contribution in [3.05, 3.63) is 50.6 Å². The lowest BCUT2D eigenvalue weighted by Gasteiger charge is -2.32. The Hall–Kier alpha value is -3.33.